The molecule has 4 atom stereocenters. The average molecular weight is 930 g/mol. The summed E-state index contributed by atoms with van der Waals surface area (Å²) in [5.41, 5.74) is 17.3. The molecule has 1 fully saturated rings. The molecule has 0 saturated carbocycles. The van der Waals surface area contributed by atoms with Gasteiger partial charge in [0.05, 0.1) is 50.0 Å². The number of allylic oxidation sites excluding steroid dienone is 4. The Labute approximate surface area is 405 Å². The van der Waals surface area contributed by atoms with Crippen LogP contribution in [0.4, 0.5) is 0 Å². The molecule has 11 nitrogen and oxygen atoms in total. The number of nitrogens with one attached hydrogen (secondary N) is 2. The number of aryl methyl sites for hydroxylation is 3. The largest absolute Gasteiger partial charge is 0.394 e. The van der Waals surface area contributed by atoms with Gasteiger partial charge in [0.25, 0.3) is 0 Å². The minimum absolute atomic E-state index is 0.120. The second-order valence-corrected chi connectivity index (χ2v) is 16.2. The minimum atomic E-state index is -0.502. The summed E-state index contributed by atoms with van der Waals surface area (Å²) >= 11 is 0. The Kier molecular flexibility index (Phi) is 32.2. The highest BCUT2D eigenvalue weighted by molar-refractivity contribution is 5.86. The Morgan fingerprint density at radius 2 is 1.51 bits per heavy atom. The molecule has 11 heteroatoms. The molecule has 0 spiro atoms. The minimum Gasteiger partial charge on any atom is -0.394 e. The second kappa shape index (κ2) is 34.6. The summed E-state index contributed by atoms with van der Waals surface area (Å²) in [6.07, 6.45) is 11.3. The number of carbonyl (C=O) groups excluding carboxylic acids is 1. The van der Waals surface area contributed by atoms with E-state index in [0.29, 0.717) is 45.1 Å². The van der Waals surface area contributed by atoms with Crippen molar-refractivity contribution in [1.29, 1.82) is 0 Å². The fourth-order valence-electron chi connectivity index (χ4n) is 7.15. The van der Waals surface area contributed by atoms with Gasteiger partial charge < -0.3 is 39.3 Å². The predicted octanol–water partition coefficient (Wildman–Crippen LogP) is 13.0. The number of aromatic amines is 2. The molecule has 1 amide bonds. The van der Waals surface area contributed by atoms with E-state index < -0.39 is 12.4 Å². The molecular formula is C56H91N5O6. The van der Waals surface area contributed by atoms with Gasteiger partial charge in [0.2, 0.25) is 6.41 Å². The third kappa shape index (κ3) is 20.2. The van der Waals surface area contributed by atoms with Gasteiger partial charge in [-0.25, -0.2) is 4.98 Å². The normalized spacial score (nSPS) is 16.6. The Morgan fingerprint density at radius 3 is 2.06 bits per heavy atom. The highest BCUT2D eigenvalue weighted by Gasteiger charge is 2.28. The zero-order chi connectivity index (χ0) is 51.2. The van der Waals surface area contributed by atoms with Gasteiger partial charge in [0.15, 0.2) is 6.29 Å². The number of aliphatic hydroxyl groups excluding tert-OH is 2. The SMILES string of the molecule is C=CC=C(C)C.C=Cc1c(C)c2cc3nc(c(C)c4nc(cc5[nH]c(cc1[nH]2)c(C)c5CC)C(C)=C4)CC3C.CC.CC.CC.CCC.CN(C=O)CCOCCOC1CC(O)CC(CO)O1. The van der Waals surface area contributed by atoms with Gasteiger partial charge in [0.1, 0.15) is 0 Å². The molecule has 3 aliphatic heterocycles. The molecule has 4 unspecified atom stereocenters. The van der Waals surface area contributed by atoms with Crippen LogP contribution in [0.15, 0.2) is 49.1 Å². The number of rotatable bonds is 12. The third-order valence-corrected chi connectivity index (χ3v) is 10.6. The van der Waals surface area contributed by atoms with Crippen molar-refractivity contribution in [3.05, 3.63) is 99.7 Å². The second-order valence-electron chi connectivity index (χ2n) is 16.2. The first-order valence-corrected chi connectivity index (χ1v) is 24.7. The maximum Gasteiger partial charge on any atom is 0.209 e. The van der Waals surface area contributed by atoms with Crippen LogP contribution < -0.4 is 0 Å². The van der Waals surface area contributed by atoms with Gasteiger partial charge in [-0.1, -0.05) is 113 Å². The molecule has 0 aliphatic carbocycles. The van der Waals surface area contributed by atoms with E-state index in [1.165, 1.54) is 44.7 Å². The number of hydrogen-bond donors (Lipinski definition) is 4. The summed E-state index contributed by atoms with van der Waals surface area (Å²) in [4.78, 5) is 29.2. The molecule has 3 aliphatic rings. The zero-order valence-corrected chi connectivity index (χ0v) is 44.8. The number of ether oxygens (including phenoxy) is 3. The lowest BCUT2D eigenvalue weighted by Gasteiger charge is -2.31. The molecule has 3 aromatic rings. The van der Waals surface area contributed by atoms with Gasteiger partial charge in [-0.2, -0.15) is 0 Å². The molecule has 6 heterocycles. The van der Waals surface area contributed by atoms with Gasteiger partial charge in [0, 0.05) is 71.4 Å². The highest BCUT2D eigenvalue weighted by atomic mass is 16.7. The standard InChI is InChI=1S/C29H32N4.C12H23NO6.C6H10.C3H8.3C2H6/c1-8-20-18(6)27-14-29-21(9-2)17(5)26(32-29)12-22-15(3)10-24(30-22)19(7)25-11-16(4)23(31-25)13-28(20)33-27;1-13(9-15)2-3-17-4-5-18-12-7-10(16)6-11(8-14)19-12;1-4-5-6(2)3;1-3-2;3*1-2/h9,11-15,32-33H,2,8,10H2,1,3-7H3;9-12,14,16H,2-8H2,1H3;4-5H,1H2,2-3H3;3H2,1-2H3;3*1-2H3. The fourth-order valence-corrected chi connectivity index (χ4v) is 7.15. The smallest absolute Gasteiger partial charge is 0.209 e. The van der Waals surface area contributed by atoms with E-state index in [1.54, 1.807) is 13.1 Å². The lowest BCUT2D eigenvalue weighted by Crippen LogP contribution is -2.39. The van der Waals surface area contributed by atoms with Crippen molar-refractivity contribution >= 4 is 46.2 Å². The lowest BCUT2D eigenvalue weighted by molar-refractivity contribution is -0.225. The molecule has 4 N–H and O–H groups in total. The van der Waals surface area contributed by atoms with Crippen LogP contribution in [0.25, 0.3) is 39.8 Å². The molecule has 3 aromatic heterocycles. The van der Waals surface area contributed by atoms with Gasteiger partial charge in [-0.05, 0) is 106 Å². The number of amides is 1. The van der Waals surface area contributed by atoms with Crippen LogP contribution in [-0.2, 0) is 31.8 Å². The van der Waals surface area contributed by atoms with Crippen LogP contribution in [0.2, 0.25) is 0 Å². The highest BCUT2D eigenvalue weighted by Crippen LogP contribution is 2.32. The predicted molar refractivity (Wildman–Crippen MR) is 286 cm³/mol. The van der Waals surface area contributed by atoms with Crippen LogP contribution in [0, 0.1) is 20.8 Å². The number of aromatic nitrogens is 4. The van der Waals surface area contributed by atoms with E-state index in [-0.39, 0.29) is 12.7 Å². The van der Waals surface area contributed by atoms with Crippen molar-refractivity contribution in [2.45, 2.75) is 167 Å². The number of likely N-dealkylation sites (N-methyl/N-ethyl adjacent to an activating group) is 1. The van der Waals surface area contributed by atoms with Gasteiger partial charge in [-0.15, -0.1) is 0 Å². The summed E-state index contributed by atoms with van der Waals surface area (Å²) in [5.74, 6) is 0.370. The van der Waals surface area contributed by atoms with E-state index >= 15 is 0 Å². The molecule has 0 aromatic carbocycles. The van der Waals surface area contributed by atoms with E-state index in [0.717, 1.165) is 69.7 Å². The van der Waals surface area contributed by atoms with Crippen molar-refractivity contribution < 1.29 is 29.2 Å². The summed E-state index contributed by atoms with van der Waals surface area (Å²) in [6.45, 7) is 42.7. The van der Waals surface area contributed by atoms with E-state index in [4.69, 9.17) is 29.3 Å². The maximum absolute atomic E-state index is 10.3. The summed E-state index contributed by atoms with van der Waals surface area (Å²) in [5, 5.41) is 18.6. The van der Waals surface area contributed by atoms with Crippen LogP contribution in [0.5, 0.6) is 0 Å². The molecule has 6 rings (SSSR count). The summed E-state index contributed by atoms with van der Waals surface area (Å²) in [6, 6.07) is 6.63. The Balaban J connectivity index is 0.00000108. The average Bonchev–Trinajstić information content (AvgIpc) is 4.05. The van der Waals surface area contributed by atoms with E-state index in [2.05, 4.69) is 103 Å². The Bertz CT molecular complexity index is 2140. The van der Waals surface area contributed by atoms with Crippen molar-refractivity contribution in [3.8, 4) is 0 Å². The fraction of sp³-hybridized carbons (Fsp3) is 0.554. The van der Waals surface area contributed by atoms with E-state index in [9.17, 15) is 9.90 Å². The third-order valence-electron chi connectivity index (χ3n) is 10.6. The number of nitrogens with zero attached hydrogens (tertiary/aromatic N) is 3. The van der Waals surface area contributed by atoms with Crippen LogP contribution in [0.1, 0.15) is 166 Å². The van der Waals surface area contributed by atoms with Crippen molar-refractivity contribution in [2.24, 2.45) is 0 Å². The Hall–Kier alpha value is -4.65. The first-order valence-electron chi connectivity index (χ1n) is 24.7. The molecule has 376 valence electrons. The first kappa shape index (κ1) is 62.4. The molecular weight excluding hydrogens is 839 g/mol. The molecule has 0 radical (unpaired) electrons. The quantitative estimate of drug-likeness (QED) is 0.0798. The summed E-state index contributed by atoms with van der Waals surface area (Å²) in [7, 11) is 1.68. The van der Waals surface area contributed by atoms with Gasteiger partial charge >= 0.3 is 0 Å². The molecule has 1 saturated heterocycles. The van der Waals surface area contributed by atoms with Crippen LogP contribution >= 0.6 is 0 Å². The zero-order valence-electron chi connectivity index (χ0n) is 44.8. The lowest BCUT2D eigenvalue weighted by atomic mass is 10.0. The topological polar surface area (TPSA) is 146 Å². The maximum atomic E-state index is 10.3. The number of hydrogen-bond acceptors (Lipinski definition) is 8. The number of H-pyrrole nitrogens is 2. The van der Waals surface area contributed by atoms with Crippen molar-refractivity contribution in [2.75, 3.05) is 40.0 Å². The number of aliphatic hydroxyl groups is 2. The first-order chi connectivity index (χ1) is 32.1. The number of carbonyl (C=O) groups is 1. The monoisotopic (exact) mass is 930 g/mol. The van der Waals surface area contributed by atoms with Crippen molar-refractivity contribution in [1.82, 2.24) is 24.8 Å². The van der Waals surface area contributed by atoms with Crippen molar-refractivity contribution in [3.63, 3.8) is 0 Å². The number of fused-ring (bicyclic) bond motifs is 8. The molecule has 67 heavy (non-hydrogen) atoms. The van der Waals surface area contributed by atoms with Crippen LogP contribution in [0.3, 0.4) is 0 Å². The van der Waals surface area contributed by atoms with Gasteiger partial charge in [-0.3, -0.25) is 9.78 Å². The van der Waals surface area contributed by atoms with Crippen LogP contribution in [-0.4, -0.2) is 100.0 Å². The molecule has 8 bridgehead atoms. The van der Waals surface area contributed by atoms with E-state index in [1.807, 2.05) is 67.5 Å². The Morgan fingerprint density at radius 1 is 0.881 bits per heavy atom. The summed E-state index contributed by atoms with van der Waals surface area (Å²) < 4.78 is 16.1.